The van der Waals surface area contributed by atoms with Gasteiger partial charge in [-0.2, -0.15) is 0 Å². The number of hydrogen-bond donors (Lipinski definition) is 2. The van der Waals surface area contributed by atoms with E-state index in [4.69, 9.17) is 4.74 Å². The summed E-state index contributed by atoms with van der Waals surface area (Å²) in [5.74, 6) is 0.435. The number of aryl methyl sites for hydroxylation is 1. The lowest BCUT2D eigenvalue weighted by molar-refractivity contribution is -0.125. The van der Waals surface area contributed by atoms with Gasteiger partial charge in [0.1, 0.15) is 5.75 Å². The molecule has 0 radical (unpaired) electrons. The van der Waals surface area contributed by atoms with Gasteiger partial charge in [0.05, 0.1) is 12.1 Å². The molecule has 1 amide bonds. The Hall–Kier alpha value is -2.67. The second-order valence-electron chi connectivity index (χ2n) is 9.14. The zero-order valence-electron chi connectivity index (χ0n) is 18.9. The molecule has 5 nitrogen and oxygen atoms in total. The molecule has 1 aliphatic carbocycles. The summed E-state index contributed by atoms with van der Waals surface area (Å²) >= 11 is 1.82. The van der Waals surface area contributed by atoms with E-state index >= 15 is 0 Å². The van der Waals surface area contributed by atoms with Crippen LogP contribution >= 0.6 is 11.3 Å². The zero-order chi connectivity index (χ0) is 22.8. The number of thiophene rings is 1. The van der Waals surface area contributed by atoms with Crippen molar-refractivity contribution >= 4 is 17.2 Å². The summed E-state index contributed by atoms with van der Waals surface area (Å²) in [5, 5.41) is 16.7. The molecule has 3 aromatic rings. The average Bonchev–Trinajstić information content (AvgIpc) is 3.35. The van der Waals surface area contributed by atoms with Crippen molar-refractivity contribution in [3.05, 3.63) is 87.6 Å². The Morgan fingerprint density at radius 3 is 2.58 bits per heavy atom. The van der Waals surface area contributed by atoms with Gasteiger partial charge in [-0.3, -0.25) is 9.69 Å². The van der Waals surface area contributed by atoms with Crippen LogP contribution in [0.25, 0.3) is 0 Å². The largest absolute Gasteiger partial charge is 0.484 e. The Bertz CT molecular complexity index is 1110. The third kappa shape index (κ3) is 4.31. The first kappa shape index (κ1) is 22.1. The van der Waals surface area contributed by atoms with Gasteiger partial charge in [0.2, 0.25) is 0 Å². The molecule has 0 saturated carbocycles. The fraction of sp³-hybridized carbons (Fsp3) is 0.370. The third-order valence-corrected chi connectivity index (χ3v) is 8.24. The molecular weight excluding hydrogens is 432 g/mol. The van der Waals surface area contributed by atoms with Crippen LogP contribution in [0, 0.1) is 6.92 Å². The highest BCUT2D eigenvalue weighted by molar-refractivity contribution is 7.10. The van der Waals surface area contributed by atoms with E-state index in [9.17, 15) is 9.90 Å². The van der Waals surface area contributed by atoms with Gasteiger partial charge in [0.25, 0.3) is 5.91 Å². The molecule has 2 aliphatic rings. The minimum atomic E-state index is -0.652. The summed E-state index contributed by atoms with van der Waals surface area (Å²) in [7, 11) is 0. The number of hydrogen-bond acceptors (Lipinski definition) is 5. The van der Waals surface area contributed by atoms with Crippen LogP contribution in [0.15, 0.2) is 66.0 Å². The van der Waals surface area contributed by atoms with E-state index in [0.29, 0.717) is 5.75 Å². The summed E-state index contributed by atoms with van der Waals surface area (Å²) in [4.78, 5) is 16.6. The van der Waals surface area contributed by atoms with Crippen LogP contribution in [0.3, 0.4) is 0 Å². The van der Waals surface area contributed by atoms with Gasteiger partial charge in [0, 0.05) is 16.8 Å². The number of carbonyl (C=O) groups excluding carboxylic acids is 1. The standard InChI is InChI=1S/C27H30N2O3S/c1-19-11-16-33-23(19)17-29-14-12-27(13-15-29)22-10-6-5-9-21(22)25(26(27)31)28-24(30)18-32-20-7-3-2-4-8-20/h2-11,16,25-26,31H,12-15,17-18H2,1H3,(H,28,30)/t25-,26+/m1/s1. The number of ether oxygens (including phenoxy) is 1. The van der Waals surface area contributed by atoms with E-state index in [2.05, 4.69) is 34.7 Å². The van der Waals surface area contributed by atoms with Crippen molar-refractivity contribution in [1.82, 2.24) is 10.2 Å². The Balaban J connectivity index is 1.28. The summed E-state index contributed by atoms with van der Waals surface area (Å²) in [5.41, 5.74) is 3.24. The van der Waals surface area contributed by atoms with Crippen LogP contribution in [-0.4, -0.2) is 41.7 Å². The quantitative estimate of drug-likeness (QED) is 0.576. The highest BCUT2D eigenvalue weighted by Gasteiger charge is 2.52. The lowest BCUT2D eigenvalue weighted by Crippen LogP contribution is -2.49. The fourth-order valence-electron chi connectivity index (χ4n) is 5.35. The van der Waals surface area contributed by atoms with Gasteiger partial charge in [-0.25, -0.2) is 0 Å². The predicted molar refractivity (Wildman–Crippen MR) is 131 cm³/mol. The van der Waals surface area contributed by atoms with E-state index in [1.807, 2.05) is 59.9 Å². The number of benzene rings is 2. The molecule has 1 aliphatic heterocycles. The van der Waals surface area contributed by atoms with Crippen LogP contribution in [0.2, 0.25) is 0 Å². The fourth-order valence-corrected chi connectivity index (χ4v) is 6.30. The molecule has 1 fully saturated rings. The van der Waals surface area contributed by atoms with Crippen LogP contribution in [0.1, 0.15) is 40.5 Å². The minimum Gasteiger partial charge on any atom is -0.484 e. The van der Waals surface area contributed by atoms with Crippen molar-refractivity contribution in [1.29, 1.82) is 0 Å². The maximum absolute atomic E-state index is 12.7. The Morgan fingerprint density at radius 1 is 1.12 bits per heavy atom. The summed E-state index contributed by atoms with van der Waals surface area (Å²) in [6.07, 6.45) is 1.10. The number of nitrogens with zero attached hydrogens (tertiary/aromatic N) is 1. The van der Waals surface area contributed by atoms with E-state index < -0.39 is 12.1 Å². The van der Waals surface area contributed by atoms with Gasteiger partial charge < -0.3 is 15.2 Å². The van der Waals surface area contributed by atoms with Gasteiger partial charge in [-0.1, -0.05) is 42.5 Å². The predicted octanol–water partition coefficient (Wildman–Crippen LogP) is 4.20. The highest BCUT2D eigenvalue weighted by atomic mass is 32.1. The molecule has 2 aromatic carbocycles. The third-order valence-electron chi connectivity index (χ3n) is 7.23. The maximum Gasteiger partial charge on any atom is 0.258 e. The number of fused-ring (bicyclic) bond motifs is 2. The zero-order valence-corrected chi connectivity index (χ0v) is 19.7. The molecular formula is C27H30N2O3S. The number of carbonyl (C=O) groups is 1. The van der Waals surface area contributed by atoms with E-state index in [-0.39, 0.29) is 17.9 Å². The Morgan fingerprint density at radius 2 is 1.85 bits per heavy atom. The van der Waals surface area contributed by atoms with Crippen LogP contribution in [0.5, 0.6) is 5.75 Å². The molecule has 2 heterocycles. The number of likely N-dealkylation sites (tertiary alicyclic amines) is 1. The van der Waals surface area contributed by atoms with Crippen molar-refractivity contribution in [3.8, 4) is 5.75 Å². The first-order valence-electron chi connectivity index (χ1n) is 11.6. The van der Waals surface area contributed by atoms with Crippen molar-refractivity contribution in [3.63, 3.8) is 0 Å². The summed E-state index contributed by atoms with van der Waals surface area (Å²) in [6, 6.07) is 19.3. The number of amides is 1. The minimum absolute atomic E-state index is 0.0731. The van der Waals surface area contributed by atoms with E-state index in [1.54, 1.807) is 0 Å². The molecule has 6 heteroatoms. The van der Waals surface area contributed by atoms with Crippen molar-refractivity contribution < 1.29 is 14.6 Å². The van der Waals surface area contributed by atoms with Crippen molar-refractivity contribution in [2.24, 2.45) is 0 Å². The molecule has 2 N–H and O–H groups in total. The normalized spacial score (nSPS) is 21.6. The van der Waals surface area contributed by atoms with Gasteiger partial charge in [0.15, 0.2) is 6.61 Å². The van der Waals surface area contributed by atoms with E-state index in [1.165, 1.54) is 16.0 Å². The first-order chi connectivity index (χ1) is 16.1. The molecule has 1 spiro atoms. The first-order valence-corrected chi connectivity index (χ1v) is 12.4. The Kier molecular flexibility index (Phi) is 6.23. The van der Waals surface area contributed by atoms with Crippen molar-refractivity contribution in [2.75, 3.05) is 19.7 Å². The van der Waals surface area contributed by atoms with E-state index in [0.717, 1.165) is 38.0 Å². The van der Waals surface area contributed by atoms with Crippen LogP contribution in [0.4, 0.5) is 0 Å². The highest BCUT2D eigenvalue weighted by Crippen LogP contribution is 2.51. The molecule has 5 rings (SSSR count). The lowest BCUT2D eigenvalue weighted by atomic mass is 9.72. The molecule has 2 atom stereocenters. The second kappa shape index (κ2) is 9.29. The SMILES string of the molecule is Cc1ccsc1CN1CCC2(CC1)c1ccccc1[C@@H](NC(=O)COc1ccccc1)[C@@H]2O. The van der Waals surface area contributed by atoms with Crippen LogP contribution in [-0.2, 0) is 16.8 Å². The second-order valence-corrected chi connectivity index (χ2v) is 10.1. The number of para-hydroxylation sites is 1. The molecule has 0 unspecified atom stereocenters. The average molecular weight is 463 g/mol. The van der Waals surface area contributed by atoms with Gasteiger partial charge in [-0.05, 0) is 73.1 Å². The van der Waals surface area contributed by atoms with Gasteiger partial charge >= 0.3 is 0 Å². The molecule has 172 valence electrons. The number of aliphatic hydroxyl groups is 1. The monoisotopic (exact) mass is 462 g/mol. The number of nitrogens with one attached hydrogen (secondary N) is 1. The molecule has 0 bridgehead atoms. The molecule has 1 aromatic heterocycles. The Labute approximate surface area is 199 Å². The number of aliphatic hydroxyl groups excluding tert-OH is 1. The van der Waals surface area contributed by atoms with Crippen molar-refractivity contribution in [2.45, 2.75) is 43.9 Å². The lowest BCUT2D eigenvalue weighted by Gasteiger charge is -2.42. The smallest absolute Gasteiger partial charge is 0.258 e. The number of piperidine rings is 1. The molecule has 33 heavy (non-hydrogen) atoms. The summed E-state index contributed by atoms with van der Waals surface area (Å²) < 4.78 is 5.61. The maximum atomic E-state index is 12.7. The summed E-state index contributed by atoms with van der Waals surface area (Å²) in [6.45, 7) is 4.93. The molecule has 1 saturated heterocycles. The number of rotatable bonds is 6. The van der Waals surface area contributed by atoms with Gasteiger partial charge in [-0.15, -0.1) is 11.3 Å². The van der Waals surface area contributed by atoms with Crippen LogP contribution < -0.4 is 10.1 Å². The topological polar surface area (TPSA) is 61.8 Å².